The van der Waals surface area contributed by atoms with Crippen LogP contribution in [0.15, 0.2) is 90.6 Å². The number of rotatable bonds is 5. The van der Waals surface area contributed by atoms with Crippen LogP contribution in [-0.2, 0) is 6.54 Å². The first-order chi connectivity index (χ1) is 12.2. The van der Waals surface area contributed by atoms with Gasteiger partial charge in [-0.3, -0.25) is 9.78 Å². The van der Waals surface area contributed by atoms with Crippen LogP contribution in [0.2, 0.25) is 0 Å². The van der Waals surface area contributed by atoms with Gasteiger partial charge in [0.15, 0.2) is 5.78 Å². The van der Waals surface area contributed by atoms with E-state index in [1.165, 1.54) is 6.08 Å². The zero-order chi connectivity index (χ0) is 17.5. The van der Waals surface area contributed by atoms with E-state index in [0.29, 0.717) is 24.1 Å². The minimum atomic E-state index is -0.100. The van der Waals surface area contributed by atoms with Crippen LogP contribution in [0.5, 0.6) is 0 Å². The molecule has 0 saturated carbocycles. The summed E-state index contributed by atoms with van der Waals surface area (Å²) in [4.78, 5) is 18.1. The van der Waals surface area contributed by atoms with Crippen molar-refractivity contribution in [2.75, 3.05) is 0 Å². The summed E-state index contributed by atoms with van der Waals surface area (Å²) in [6, 6.07) is 15.7. The quantitative estimate of drug-likeness (QED) is 0.615. The maximum atomic E-state index is 12.2. The van der Waals surface area contributed by atoms with Crippen LogP contribution in [0.25, 0.3) is 0 Å². The summed E-state index contributed by atoms with van der Waals surface area (Å²) >= 11 is 0. The van der Waals surface area contributed by atoms with Crippen LogP contribution >= 0.6 is 0 Å². The van der Waals surface area contributed by atoms with Gasteiger partial charge in [0, 0.05) is 43.3 Å². The van der Waals surface area contributed by atoms with Crippen LogP contribution in [0.3, 0.4) is 0 Å². The maximum Gasteiger partial charge on any atom is 0.187 e. The molecule has 0 fully saturated rings. The van der Waals surface area contributed by atoms with Gasteiger partial charge in [-0.2, -0.15) is 5.26 Å². The molecule has 2 aromatic rings. The predicted molar refractivity (Wildman–Crippen MR) is 96.1 cm³/mol. The molecule has 0 amide bonds. The average Bonchev–Trinajstić information content (AvgIpc) is 2.67. The standard InChI is InChI=1S/C21H17N3O/c22-12-19-11-18(8-9-21(25)20-7-4-10-23-13-20)15-24(16-19)14-17-5-2-1-3-6-17/h1-10,13,15-16H,11,14H2/b9-8+. The molecule has 1 aromatic heterocycles. The van der Waals surface area contributed by atoms with Crippen LogP contribution in [-0.4, -0.2) is 15.7 Å². The smallest absolute Gasteiger partial charge is 0.187 e. The molecular formula is C21H17N3O. The van der Waals surface area contributed by atoms with Gasteiger partial charge in [-0.15, -0.1) is 0 Å². The third-order valence-electron chi connectivity index (χ3n) is 3.79. The van der Waals surface area contributed by atoms with E-state index in [-0.39, 0.29) is 5.78 Å². The first-order valence-electron chi connectivity index (χ1n) is 7.98. The van der Waals surface area contributed by atoms with E-state index in [1.54, 1.807) is 30.6 Å². The van der Waals surface area contributed by atoms with Gasteiger partial charge in [0.05, 0.1) is 11.6 Å². The summed E-state index contributed by atoms with van der Waals surface area (Å²) in [6.45, 7) is 0.680. The van der Waals surface area contributed by atoms with Crippen LogP contribution < -0.4 is 0 Å². The Bertz CT molecular complexity index is 874. The summed E-state index contributed by atoms with van der Waals surface area (Å²) < 4.78 is 0. The fraction of sp³-hybridized carbons (Fsp3) is 0.0952. The SMILES string of the molecule is N#CC1=CN(Cc2ccccc2)C=C(/C=C/C(=O)c2cccnc2)C1. The third-order valence-corrected chi connectivity index (χ3v) is 3.79. The summed E-state index contributed by atoms with van der Waals surface area (Å²) in [6.07, 6.45) is 10.8. The molecule has 122 valence electrons. The Balaban J connectivity index is 1.75. The molecule has 2 heterocycles. The molecule has 3 rings (SSSR count). The zero-order valence-corrected chi connectivity index (χ0v) is 13.7. The number of pyridine rings is 1. The molecule has 0 N–H and O–H groups in total. The summed E-state index contributed by atoms with van der Waals surface area (Å²) in [5.41, 5.74) is 3.30. The number of allylic oxidation sites excluding steroid dienone is 4. The predicted octanol–water partition coefficient (Wildman–Crippen LogP) is 4.02. The van der Waals surface area contributed by atoms with Gasteiger partial charge < -0.3 is 4.90 Å². The topological polar surface area (TPSA) is 57.0 Å². The zero-order valence-electron chi connectivity index (χ0n) is 13.7. The second-order valence-corrected chi connectivity index (χ2v) is 5.74. The average molecular weight is 327 g/mol. The second-order valence-electron chi connectivity index (χ2n) is 5.74. The number of hydrogen-bond acceptors (Lipinski definition) is 4. The summed E-state index contributed by atoms with van der Waals surface area (Å²) in [5.74, 6) is -0.100. The lowest BCUT2D eigenvalue weighted by Gasteiger charge is -2.22. The molecule has 1 aromatic carbocycles. The largest absolute Gasteiger partial charge is 0.349 e. The molecule has 4 nitrogen and oxygen atoms in total. The molecule has 1 aliphatic heterocycles. The Morgan fingerprint density at radius 2 is 2.04 bits per heavy atom. The van der Waals surface area contributed by atoms with Crippen LogP contribution in [0.1, 0.15) is 22.3 Å². The van der Waals surface area contributed by atoms with E-state index in [4.69, 9.17) is 0 Å². The van der Waals surface area contributed by atoms with Crippen molar-refractivity contribution in [3.05, 3.63) is 102 Å². The van der Waals surface area contributed by atoms with E-state index in [1.807, 2.05) is 47.6 Å². The summed E-state index contributed by atoms with van der Waals surface area (Å²) in [5, 5.41) is 9.28. The summed E-state index contributed by atoms with van der Waals surface area (Å²) in [7, 11) is 0. The highest BCUT2D eigenvalue weighted by Crippen LogP contribution is 2.21. The minimum Gasteiger partial charge on any atom is -0.349 e. The van der Waals surface area contributed by atoms with Gasteiger partial charge in [0.2, 0.25) is 0 Å². The Hall–Kier alpha value is -3.45. The first-order valence-corrected chi connectivity index (χ1v) is 7.98. The van der Waals surface area contributed by atoms with E-state index >= 15 is 0 Å². The fourth-order valence-electron chi connectivity index (χ4n) is 2.60. The number of nitriles is 1. The van der Waals surface area contributed by atoms with E-state index < -0.39 is 0 Å². The minimum absolute atomic E-state index is 0.100. The van der Waals surface area contributed by atoms with Crippen LogP contribution in [0, 0.1) is 11.3 Å². The highest BCUT2D eigenvalue weighted by atomic mass is 16.1. The number of carbonyl (C=O) groups is 1. The van der Waals surface area contributed by atoms with E-state index in [2.05, 4.69) is 11.1 Å². The lowest BCUT2D eigenvalue weighted by Crippen LogP contribution is -2.14. The molecule has 25 heavy (non-hydrogen) atoms. The van der Waals surface area contributed by atoms with Crippen molar-refractivity contribution in [1.82, 2.24) is 9.88 Å². The Morgan fingerprint density at radius 1 is 1.20 bits per heavy atom. The van der Waals surface area contributed by atoms with Crippen molar-refractivity contribution in [3.8, 4) is 6.07 Å². The second kappa shape index (κ2) is 7.89. The fourth-order valence-corrected chi connectivity index (χ4v) is 2.60. The van der Waals surface area contributed by atoms with Gasteiger partial charge in [-0.1, -0.05) is 36.4 Å². The van der Waals surface area contributed by atoms with Crippen molar-refractivity contribution in [3.63, 3.8) is 0 Å². The van der Waals surface area contributed by atoms with Crippen molar-refractivity contribution in [2.45, 2.75) is 13.0 Å². The molecule has 0 aliphatic carbocycles. The number of carbonyl (C=O) groups excluding carboxylic acids is 1. The maximum absolute atomic E-state index is 12.2. The molecule has 0 spiro atoms. The Kier molecular flexibility index (Phi) is 5.18. The van der Waals surface area contributed by atoms with Crippen molar-refractivity contribution < 1.29 is 4.79 Å². The Labute approximate surface area is 147 Å². The lowest BCUT2D eigenvalue weighted by atomic mass is 10.0. The third kappa shape index (κ3) is 4.52. The highest BCUT2D eigenvalue weighted by Gasteiger charge is 2.11. The molecular weight excluding hydrogens is 310 g/mol. The van der Waals surface area contributed by atoms with Gasteiger partial charge in [0.1, 0.15) is 0 Å². The highest BCUT2D eigenvalue weighted by molar-refractivity contribution is 6.04. The molecule has 0 unspecified atom stereocenters. The monoisotopic (exact) mass is 327 g/mol. The molecule has 0 atom stereocenters. The Morgan fingerprint density at radius 3 is 2.76 bits per heavy atom. The number of aromatic nitrogens is 1. The van der Waals surface area contributed by atoms with Gasteiger partial charge >= 0.3 is 0 Å². The van der Waals surface area contributed by atoms with Gasteiger partial charge in [0.25, 0.3) is 0 Å². The van der Waals surface area contributed by atoms with Crippen LogP contribution in [0.4, 0.5) is 0 Å². The normalized spacial score (nSPS) is 14.0. The molecule has 0 bridgehead atoms. The first kappa shape index (κ1) is 16.4. The van der Waals surface area contributed by atoms with E-state index in [0.717, 1.165) is 11.1 Å². The number of benzene rings is 1. The van der Waals surface area contributed by atoms with Gasteiger partial charge in [-0.05, 0) is 29.3 Å². The van der Waals surface area contributed by atoms with Crippen molar-refractivity contribution >= 4 is 5.78 Å². The van der Waals surface area contributed by atoms with Crippen molar-refractivity contribution in [2.24, 2.45) is 0 Å². The van der Waals surface area contributed by atoms with Crippen molar-refractivity contribution in [1.29, 1.82) is 5.26 Å². The number of ketones is 1. The lowest BCUT2D eigenvalue weighted by molar-refractivity contribution is 0.104. The van der Waals surface area contributed by atoms with E-state index in [9.17, 15) is 10.1 Å². The molecule has 0 saturated heterocycles. The molecule has 0 radical (unpaired) electrons. The number of nitrogens with zero attached hydrogens (tertiary/aromatic N) is 3. The number of hydrogen-bond donors (Lipinski definition) is 0. The molecule has 4 heteroatoms. The molecule has 1 aliphatic rings. The van der Waals surface area contributed by atoms with Gasteiger partial charge in [-0.25, -0.2) is 0 Å².